The molecule has 0 spiro atoms. The third-order valence-electron chi connectivity index (χ3n) is 4.29. The number of rotatable bonds is 10. The number of esters is 3. The zero-order valence-electron chi connectivity index (χ0n) is 16.2. The van der Waals surface area contributed by atoms with Gasteiger partial charge in [-0.2, -0.15) is 0 Å². The van der Waals surface area contributed by atoms with E-state index in [-0.39, 0.29) is 16.7 Å². The highest BCUT2D eigenvalue weighted by atomic mass is 16.6. The minimum atomic E-state index is -0.874. The molecular weight excluding hydrogens is 356 g/mol. The Bertz CT molecular complexity index is 783. The van der Waals surface area contributed by atoms with Crippen LogP contribution in [0.25, 0.3) is 0 Å². The minimum absolute atomic E-state index is 0.0136. The van der Waals surface area contributed by atoms with Crippen molar-refractivity contribution in [2.75, 3.05) is 6.61 Å². The standard InChI is InChI=1S/C23H26O5/c1-2-3-4-5-6-12-17-27-22(25)19-15-10-11-16-20(19)23(26)28-21(24)18-13-8-7-9-14-18/h7-11,13-16H,2-6,12,17H2,1H3. The van der Waals surface area contributed by atoms with Crippen LogP contribution in [0.2, 0.25) is 0 Å². The highest BCUT2D eigenvalue weighted by Crippen LogP contribution is 2.14. The van der Waals surface area contributed by atoms with Crippen molar-refractivity contribution in [1.29, 1.82) is 0 Å². The van der Waals surface area contributed by atoms with E-state index in [9.17, 15) is 14.4 Å². The molecule has 0 aliphatic carbocycles. The van der Waals surface area contributed by atoms with Gasteiger partial charge in [-0.15, -0.1) is 0 Å². The van der Waals surface area contributed by atoms with Gasteiger partial charge in [0.15, 0.2) is 0 Å². The van der Waals surface area contributed by atoms with E-state index in [4.69, 9.17) is 9.47 Å². The molecule has 0 saturated carbocycles. The lowest BCUT2D eigenvalue weighted by Gasteiger charge is -2.09. The van der Waals surface area contributed by atoms with E-state index in [1.54, 1.807) is 42.5 Å². The Hall–Kier alpha value is -2.95. The molecule has 28 heavy (non-hydrogen) atoms. The van der Waals surface area contributed by atoms with Gasteiger partial charge < -0.3 is 9.47 Å². The van der Waals surface area contributed by atoms with Crippen molar-refractivity contribution in [3.8, 4) is 0 Å². The number of hydrogen-bond donors (Lipinski definition) is 0. The second-order valence-corrected chi connectivity index (χ2v) is 6.49. The zero-order chi connectivity index (χ0) is 20.2. The predicted molar refractivity (Wildman–Crippen MR) is 106 cm³/mol. The van der Waals surface area contributed by atoms with Crippen molar-refractivity contribution < 1.29 is 23.9 Å². The molecule has 0 unspecified atom stereocenters. The van der Waals surface area contributed by atoms with Gasteiger partial charge in [0.1, 0.15) is 0 Å². The molecule has 2 aromatic rings. The molecular formula is C23H26O5. The second-order valence-electron chi connectivity index (χ2n) is 6.49. The maximum absolute atomic E-state index is 12.4. The molecule has 0 saturated heterocycles. The first-order valence-corrected chi connectivity index (χ1v) is 9.71. The summed E-state index contributed by atoms with van der Waals surface area (Å²) >= 11 is 0. The van der Waals surface area contributed by atoms with Gasteiger partial charge in [0.2, 0.25) is 0 Å². The van der Waals surface area contributed by atoms with Crippen LogP contribution in [-0.4, -0.2) is 24.5 Å². The van der Waals surface area contributed by atoms with E-state index in [0.29, 0.717) is 6.61 Å². The number of ether oxygens (including phenoxy) is 2. The van der Waals surface area contributed by atoms with Crippen LogP contribution in [0.15, 0.2) is 54.6 Å². The van der Waals surface area contributed by atoms with Crippen molar-refractivity contribution in [1.82, 2.24) is 0 Å². The van der Waals surface area contributed by atoms with E-state index in [1.165, 1.54) is 31.4 Å². The van der Waals surface area contributed by atoms with Gasteiger partial charge in [0.05, 0.1) is 23.3 Å². The normalized spacial score (nSPS) is 10.3. The van der Waals surface area contributed by atoms with E-state index in [2.05, 4.69) is 6.92 Å². The van der Waals surface area contributed by atoms with Gasteiger partial charge in [-0.1, -0.05) is 69.4 Å². The Balaban J connectivity index is 1.91. The minimum Gasteiger partial charge on any atom is -0.462 e. The van der Waals surface area contributed by atoms with Crippen LogP contribution in [0.5, 0.6) is 0 Å². The summed E-state index contributed by atoms with van der Waals surface area (Å²) in [5.74, 6) is -2.23. The zero-order valence-corrected chi connectivity index (χ0v) is 16.2. The molecule has 0 radical (unpaired) electrons. The molecule has 0 bridgehead atoms. The molecule has 0 amide bonds. The lowest BCUT2D eigenvalue weighted by Crippen LogP contribution is -2.17. The number of benzene rings is 2. The molecule has 0 aromatic heterocycles. The number of carbonyl (C=O) groups excluding carboxylic acids is 3. The van der Waals surface area contributed by atoms with Crippen molar-refractivity contribution in [3.05, 3.63) is 71.3 Å². The third-order valence-corrected chi connectivity index (χ3v) is 4.29. The predicted octanol–water partition coefficient (Wildman–Crippen LogP) is 5.20. The SMILES string of the molecule is CCCCCCCCOC(=O)c1ccccc1C(=O)OC(=O)c1ccccc1. The van der Waals surface area contributed by atoms with Crippen LogP contribution in [0.1, 0.15) is 76.5 Å². The fourth-order valence-electron chi connectivity index (χ4n) is 2.74. The molecule has 5 nitrogen and oxygen atoms in total. The smallest absolute Gasteiger partial charge is 0.346 e. The monoisotopic (exact) mass is 382 g/mol. The average molecular weight is 382 g/mol. The van der Waals surface area contributed by atoms with Crippen LogP contribution < -0.4 is 0 Å². The first-order valence-electron chi connectivity index (χ1n) is 9.71. The molecule has 0 fully saturated rings. The van der Waals surface area contributed by atoms with Gasteiger partial charge in [0, 0.05) is 0 Å². The summed E-state index contributed by atoms with van der Waals surface area (Å²) in [6, 6.07) is 14.4. The fraction of sp³-hybridized carbons (Fsp3) is 0.348. The molecule has 5 heteroatoms. The summed E-state index contributed by atoms with van der Waals surface area (Å²) in [6.07, 6.45) is 6.51. The van der Waals surface area contributed by atoms with E-state index in [1.807, 2.05) is 0 Å². The molecule has 148 valence electrons. The summed E-state index contributed by atoms with van der Waals surface area (Å²) in [6.45, 7) is 2.47. The lowest BCUT2D eigenvalue weighted by molar-refractivity contribution is 0.0382. The third kappa shape index (κ3) is 6.65. The lowest BCUT2D eigenvalue weighted by atomic mass is 10.1. The number of carbonyl (C=O) groups is 3. The molecule has 0 aliphatic heterocycles. The summed E-state index contributed by atoms with van der Waals surface area (Å²) < 4.78 is 10.2. The van der Waals surface area contributed by atoms with Crippen molar-refractivity contribution >= 4 is 17.9 Å². The van der Waals surface area contributed by atoms with Crippen LogP contribution in [0.4, 0.5) is 0 Å². The van der Waals surface area contributed by atoms with Crippen LogP contribution in [0, 0.1) is 0 Å². The maximum Gasteiger partial charge on any atom is 0.346 e. The molecule has 2 aromatic carbocycles. The van der Waals surface area contributed by atoms with Gasteiger partial charge in [-0.3, -0.25) is 0 Å². The molecule has 0 N–H and O–H groups in total. The first-order chi connectivity index (χ1) is 13.6. The van der Waals surface area contributed by atoms with Gasteiger partial charge in [0.25, 0.3) is 0 Å². The Kier molecular flexibility index (Phi) is 8.92. The van der Waals surface area contributed by atoms with Crippen LogP contribution >= 0.6 is 0 Å². The Labute approximate surface area is 165 Å². The average Bonchev–Trinajstić information content (AvgIpc) is 2.73. The van der Waals surface area contributed by atoms with Gasteiger partial charge in [-0.25, -0.2) is 14.4 Å². The summed E-state index contributed by atoms with van der Waals surface area (Å²) in [7, 11) is 0. The molecule has 2 rings (SSSR count). The van der Waals surface area contributed by atoms with Crippen molar-refractivity contribution in [3.63, 3.8) is 0 Å². The number of hydrogen-bond acceptors (Lipinski definition) is 5. The highest BCUT2D eigenvalue weighted by molar-refractivity contribution is 6.08. The van der Waals surface area contributed by atoms with E-state index in [0.717, 1.165) is 19.3 Å². The van der Waals surface area contributed by atoms with Gasteiger partial charge in [-0.05, 0) is 30.7 Å². The summed E-state index contributed by atoms with van der Waals surface area (Å²) in [4.78, 5) is 36.8. The fourth-order valence-corrected chi connectivity index (χ4v) is 2.74. The Morgan fingerprint density at radius 1 is 0.679 bits per heavy atom. The molecule has 0 atom stereocenters. The quantitative estimate of drug-likeness (QED) is 0.321. The van der Waals surface area contributed by atoms with Crippen molar-refractivity contribution in [2.24, 2.45) is 0 Å². The Morgan fingerprint density at radius 3 is 1.93 bits per heavy atom. The number of unbranched alkanes of at least 4 members (excludes halogenated alkanes) is 5. The van der Waals surface area contributed by atoms with E-state index >= 15 is 0 Å². The molecule has 0 aliphatic rings. The first kappa shape index (κ1) is 21.4. The van der Waals surface area contributed by atoms with Crippen LogP contribution in [0.3, 0.4) is 0 Å². The van der Waals surface area contributed by atoms with Gasteiger partial charge >= 0.3 is 17.9 Å². The molecule has 0 heterocycles. The highest BCUT2D eigenvalue weighted by Gasteiger charge is 2.21. The largest absolute Gasteiger partial charge is 0.462 e. The second kappa shape index (κ2) is 11.7. The maximum atomic E-state index is 12.4. The Morgan fingerprint density at radius 2 is 1.25 bits per heavy atom. The topological polar surface area (TPSA) is 69.7 Å². The van der Waals surface area contributed by atoms with E-state index < -0.39 is 17.9 Å². The van der Waals surface area contributed by atoms with Crippen molar-refractivity contribution in [2.45, 2.75) is 45.4 Å². The summed E-state index contributed by atoms with van der Waals surface area (Å²) in [5, 5.41) is 0. The summed E-state index contributed by atoms with van der Waals surface area (Å²) in [5.41, 5.74) is 0.373. The van der Waals surface area contributed by atoms with Crippen LogP contribution in [-0.2, 0) is 9.47 Å².